The van der Waals surface area contributed by atoms with Crippen LogP contribution < -0.4 is 14.9 Å². The molecule has 0 spiro atoms. The SMILES string of the molecule is Cc1ccc(N2CC(C(=O)Nc3ccc(S(=O)(=O)Nc4nccs4)cc3)CC2=O)cc1Cl. The van der Waals surface area contributed by atoms with Crippen molar-refractivity contribution in [1.29, 1.82) is 0 Å². The number of anilines is 3. The first kappa shape index (κ1) is 22.3. The minimum atomic E-state index is -3.77. The maximum absolute atomic E-state index is 12.7. The zero-order chi connectivity index (χ0) is 22.9. The summed E-state index contributed by atoms with van der Waals surface area (Å²) >= 11 is 7.34. The van der Waals surface area contributed by atoms with E-state index in [4.69, 9.17) is 11.6 Å². The van der Waals surface area contributed by atoms with Gasteiger partial charge in [-0.2, -0.15) is 0 Å². The number of hydrogen-bond acceptors (Lipinski definition) is 6. The monoisotopic (exact) mass is 490 g/mol. The van der Waals surface area contributed by atoms with Crippen LogP contribution in [0, 0.1) is 12.8 Å². The number of thiazole rings is 1. The van der Waals surface area contributed by atoms with Crippen molar-refractivity contribution in [1.82, 2.24) is 4.98 Å². The van der Waals surface area contributed by atoms with E-state index < -0.39 is 15.9 Å². The number of halogens is 1. The van der Waals surface area contributed by atoms with E-state index >= 15 is 0 Å². The first-order chi connectivity index (χ1) is 15.2. The van der Waals surface area contributed by atoms with Gasteiger partial charge in [-0.05, 0) is 48.9 Å². The molecule has 2 heterocycles. The molecule has 32 heavy (non-hydrogen) atoms. The average Bonchev–Trinajstić information content (AvgIpc) is 3.40. The number of benzene rings is 2. The van der Waals surface area contributed by atoms with Gasteiger partial charge in [0.05, 0.1) is 10.8 Å². The first-order valence-electron chi connectivity index (χ1n) is 9.63. The van der Waals surface area contributed by atoms with Gasteiger partial charge in [-0.1, -0.05) is 17.7 Å². The van der Waals surface area contributed by atoms with Crippen LogP contribution in [0.1, 0.15) is 12.0 Å². The molecule has 4 rings (SSSR count). The van der Waals surface area contributed by atoms with E-state index in [2.05, 4.69) is 15.0 Å². The Bertz CT molecular complexity index is 1260. The molecule has 8 nitrogen and oxygen atoms in total. The topological polar surface area (TPSA) is 108 Å². The Morgan fingerprint density at radius 1 is 1.22 bits per heavy atom. The van der Waals surface area contributed by atoms with E-state index in [0.717, 1.165) is 5.56 Å². The smallest absolute Gasteiger partial charge is 0.263 e. The molecule has 0 bridgehead atoms. The number of carbonyl (C=O) groups excluding carboxylic acids is 2. The van der Waals surface area contributed by atoms with Crippen LogP contribution in [0.3, 0.4) is 0 Å². The lowest BCUT2D eigenvalue weighted by molar-refractivity contribution is -0.122. The summed E-state index contributed by atoms with van der Waals surface area (Å²) in [7, 11) is -3.77. The van der Waals surface area contributed by atoms with Gasteiger partial charge in [-0.25, -0.2) is 13.4 Å². The molecular weight excluding hydrogens is 472 g/mol. The summed E-state index contributed by atoms with van der Waals surface area (Å²) in [6, 6.07) is 11.1. The number of hydrogen-bond donors (Lipinski definition) is 2. The van der Waals surface area contributed by atoms with Crippen LogP contribution >= 0.6 is 22.9 Å². The summed E-state index contributed by atoms with van der Waals surface area (Å²) in [6.07, 6.45) is 1.59. The van der Waals surface area contributed by atoms with Crippen molar-refractivity contribution >= 4 is 61.3 Å². The maximum atomic E-state index is 12.7. The molecule has 0 saturated carbocycles. The van der Waals surface area contributed by atoms with Crippen LogP contribution in [-0.4, -0.2) is 31.8 Å². The molecule has 1 atom stereocenters. The number of sulfonamides is 1. The van der Waals surface area contributed by atoms with E-state index in [1.54, 1.807) is 22.4 Å². The third-order valence-corrected chi connectivity index (χ3v) is 7.63. The molecule has 1 fully saturated rings. The van der Waals surface area contributed by atoms with E-state index in [9.17, 15) is 18.0 Å². The van der Waals surface area contributed by atoms with Gasteiger partial charge in [0.1, 0.15) is 0 Å². The maximum Gasteiger partial charge on any atom is 0.263 e. The summed E-state index contributed by atoms with van der Waals surface area (Å²) in [4.78, 5) is 30.6. The lowest BCUT2D eigenvalue weighted by Gasteiger charge is -2.17. The Balaban J connectivity index is 1.40. The third kappa shape index (κ3) is 4.77. The molecular formula is C21H19ClN4O4S2. The molecule has 0 aliphatic carbocycles. The molecule has 1 aromatic heterocycles. The Morgan fingerprint density at radius 3 is 2.62 bits per heavy atom. The van der Waals surface area contributed by atoms with Crippen molar-refractivity contribution in [2.75, 3.05) is 21.5 Å². The van der Waals surface area contributed by atoms with Gasteiger partial charge in [-0.15, -0.1) is 11.3 Å². The van der Waals surface area contributed by atoms with Crippen LogP contribution in [-0.2, 0) is 19.6 Å². The summed E-state index contributed by atoms with van der Waals surface area (Å²) < 4.78 is 27.2. The van der Waals surface area contributed by atoms with Gasteiger partial charge in [0.2, 0.25) is 11.8 Å². The molecule has 2 aromatic carbocycles. The van der Waals surface area contributed by atoms with Gasteiger partial charge >= 0.3 is 0 Å². The number of carbonyl (C=O) groups is 2. The Morgan fingerprint density at radius 2 is 1.97 bits per heavy atom. The normalized spacial score (nSPS) is 16.2. The van der Waals surface area contributed by atoms with Gasteiger partial charge in [0, 0.05) is 40.9 Å². The van der Waals surface area contributed by atoms with Crippen molar-refractivity contribution in [2.45, 2.75) is 18.2 Å². The second-order valence-electron chi connectivity index (χ2n) is 7.30. The van der Waals surface area contributed by atoms with Crippen LogP contribution in [0.2, 0.25) is 5.02 Å². The lowest BCUT2D eigenvalue weighted by atomic mass is 10.1. The zero-order valence-corrected chi connectivity index (χ0v) is 19.3. The largest absolute Gasteiger partial charge is 0.326 e. The summed E-state index contributed by atoms with van der Waals surface area (Å²) in [5.41, 5.74) is 2.00. The second kappa shape index (κ2) is 8.89. The molecule has 2 N–H and O–H groups in total. The minimum absolute atomic E-state index is 0.0455. The van der Waals surface area contributed by atoms with Crippen LogP contribution in [0.15, 0.2) is 58.9 Å². The summed E-state index contributed by atoms with van der Waals surface area (Å²) in [6.45, 7) is 2.12. The fourth-order valence-electron chi connectivity index (χ4n) is 3.29. The van der Waals surface area contributed by atoms with E-state index in [0.29, 0.717) is 16.4 Å². The quantitative estimate of drug-likeness (QED) is 0.544. The highest BCUT2D eigenvalue weighted by molar-refractivity contribution is 7.93. The van der Waals surface area contributed by atoms with Crippen LogP contribution in [0.25, 0.3) is 0 Å². The highest BCUT2D eigenvalue weighted by Crippen LogP contribution is 2.29. The molecule has 166 valence electrons. The highest BCUT2D eigenvalue weighted by atomic mass is 35.5. The summed E-state index contributed by atoms with van der Waals surface area (Å²) in [5, 5.41) is 5.25. The van der Waals surface area contributed by atoms with Crippen molar-refractivity contribution in [2.24, 2.45) is 5.92 Å². The number of aromatic nitrogens is 1. The molecule has 2 amide bonds. The molecule has 1 saturated heterocycles. The van der Waals surface area contributed by atoms with Gasteiger partial charge in [0.15, 0.2) is 5.13 Å². The average molecular weight is 491 g/mol. The van der Waals surface area contributed by atoms with Crippen molar-refractivity contribution in [3.8, 4) is 0 Å². The summed E-state index contributed by atoms with van der Waals surface area (Å²) in [5.74, 6) is -0.993. The molecule has 11 heteroatoms. The molecule has 0 radical (unpaired) electrons. The Hall–Kier alpha value is -2.95. The standard InChI is InChI=1S/C21H19ClN4O4S2/c1-13-2-5-16(11-18(13)22)26-12-14(10-19(26)27)20(28)24-15-3-6-17(7-4-15)32(29,30)25-21-23-8-9-31-21/h2-9,11,14H,10,12H2,1H3,(H,23,25)(H,24,28). The number of amides is 2. The van der Waals surface area contributed by atoms with E-state index in [1.807, 2.05) is 13.0 Å². The van der Waals surface area contributed by atoms with Gasteiger partial charge in [-0.3, -0.25) is 14.3 Å². The third-order valence-electron chi connectivity index (χ3n) is 5.05. The van der Waals surface area contributed by atoms with Crippen LogP contribution in [0.4, 0.5) is 16.5 Å². The Labute approximate surface area is 194 Å². The van der Waals surface area contributed by atoms with Crippen molar-refractivity contribution in [3.63, 3.8) is 0 Å². The molecule has 1 unspecified atom stereocenters. The molecule has 1 aliphatic heterocycles. The van der Waals surface area contributed by atoms with Crippen molar-refractivity contribution < 1.29 is 18.0 Å². The number of nitrogens with zero attached hydrogens (tertiary/aromatic N) is 2. The van der Waals surface area contributed by atoms with Gasteiger partial charge in [0.25, 0.3) is 10.0 Å². The number of rotatable bonds is 6. The molecule has 1 aliphatic rings. The zero-order valence-electron chi connectivity index (χ0n) is 16.9. The van der Waals surface area contributed by atoms with E-state index in [1.165, 1.54) is 41.8 Å². The first-order valence-corrected chi connectivity index (χ1v) is 12.4. The predicted molar refractivity (Wildman–Crippen MR) is 125 cm³/mol. The lowest BCUT2D eigenvalue weighted by Crippen LogP contribution is -2.28. The highest BCUT2D eigenvalue weighted by Gasteiger charge is 2.35. The van der Waals surface area contributed by atoms with Crippen molar-refractivity contribution in [3.05, 3.63) is 64.6 Å². The Kier molecular flexibility index (Phi) is 6.18. The van der Waals surface area contributed by atoms with E-state index in [-0.39, 0.29) is 34.8 Å². The fourth-order valence-corrected chi connectivity index (χ4v) is 5.26. The number of aryl methyl sites for hydroxylation is 1. The molecule has 3 aromatic rings. The second-order valence-corrected chi connectivity index (χ2v) is 10.3. The minimum Gasteiger partial charge on any atom is -0.326 e. The number of nitrogens with one attached hydrogen (secondary N) is 2. The predicted octanol–water partition coefficient (Wildman–Crippen LogP) is 3.90. The van der Waals surface area contributed by atoms with Gasteiger partial charge < -0.3 is 10.2 Å². The van der Waals surface area contributed by atoms with Crippen LogP contribution in [0.5, 0.6) is 0 Å². The fraction of sp³-hybridized carbons (Fsp3) is 0.190.